The zero-order valence-electron chi connectivity index (χ0n) is 12.6. The fourth-order valence-electron chi connectivity index (χ4n) is 2.04. The van der Waals surface area contributed by atoms with Crippen LogP contribution in [0, 0.1) is 10.1 Å². The van der Waals surface area contributed by atoms with Crippen LogP contribution in [0.2, 0.25) is 15.1 Å². The lowest BCUT2D eigenvalue weighted by Gasteiger charge is -2.06. The predicted molar refractivity (Wildman–Crippen MR) is 100 cm³/mol. The molecule has 0 aliphatic heterocycles. The molecule has 0 saturated heterocycles. The van der Waals surface area contributed by atoms with E-state index in [1.54, 1.807) is 16.7 Å². The molecule has 0 bridgehead atoms. The van der Waals surface area contributed by atoms with Crippen LogP contribution in [0.5, 0.6) is 0 Å². The van der Waals surface area contributed by atoms with Gasteiger partial charge < -0.3 is 5.32 Å². The molecule has 2 heterocycles. The van der Waals surface area contributed by atoms with Crippen molar-refractivity contribution in [3.63, 3.8) is 0 Å². The summed E-state index contributed by atoms with van der Waals surface area (Å²) in [6.07, 6.45) is 1.59. The minimum absolute atomic E-state index is 0.0121. The molecule has 0 aliphatic carbocycles. The van der Waals surface area contributed by atoms with E-state index in [0.717, 1.165) is 11.8 Å². The number of nitro groups is 1. The van der Waals surface area contributed by atoms with Gasteiger partial charge in [-0.05, 0) is 12.1 Å². The molecule has 0 unspecified atom stereocenters. The average Bonchev–Trinajstić information content (AvgIpc) is 2.98. The summed E-state index contributed by atoms with van der Waals surface area (Å²) in [6.45, 7) is 0. The fourth-order valence-corrected chi connectivity index (χ4v) is 3.48. The first-order valence-corrected chi connectivity index (χ1v) is 9.03. The molecular weight excluding hydrogens is 425 g/mol. The van der Waals surface area contributed by atoms with E-state index in [9.17, 15) is 14.9 Å². The van der Waals surface area contributed by atoms with Gasteiger partial charge in [0.2, 0.25) is 5.91 Å². The number of thioether (sulfide) groups is 1. The molecule has 1 amide bonds. The van der Waals surface area contributed by atoms with Gasteiger partial charge in [-0.3, -0.25) is 19.3 Å². The van der Waals surface area contributed by atoms with Crippen LogP contribution >= 0.6 is 46.6 Å². The van der Waals surface area contributed by atoms with Crippen LogP contribution < -0.4 is 5.32 Å². The van der Waals surface area contributed by atoms with Crippen molar-refractivity contribution in [2.45, 2.75) is 5.16 Å². The monoisotopic (exact) mass is 431 g/mol. The quantitative estimate of drug-likeness (QED) is 0.366. The first kappa shape index (κ1) is 18.7. The van der Waals surface area contributed by atoms with Crippen LogP contribution in [0.15, 0.2) is 35.6 Å². The number of hydrogen-bond acceptors (Lipinski definition) is 6. The van der Waals surface area contributed by atoms with Crippen LogP contribution in [-0.2, 0) is 4.79 Å². The second-order valence-electron chi connectivity index (χ2n) is 4.94. The Kier molecular flexibility index (Phi) is 5.52. The lowest BCUT2D eigenvalue weighted by molar-refractivity contribution is -0.384. The Balaban J connectivity index is 1.69. The van der Waals surface area contributed by atoms with Gasteiger partial charge in [0.15, 0.2) is 10.8 Å². The molecular formula is C14H8Cl3N5O3S. The number of aromatic nitrogens is 3. The maximum atomic E-state index is 12.1. The molecule has 0 aliphatic rings. The van der Waals surface area contributed by atoms with Gasteiger partial charge in [0.25, 0.3) is 5.69 Å². The summed E-state index contributed by atoms with van der Waals surface area (Å²) in [5, 5.41) is 22.5. The number of nitro benzene ring substituents is 1. The SMILES string of the molecule is O=C(CSc1nnc2c(Cl)cc(Cl)cn12)Nc1ccc([N+](=O)[O-])cc1Cl. The molecule has 0 atom stereocenters. The van der Waals surface area contributed by atoms with Crippen molar-refractivity contribution in [3.8, 4) is 0 Å². The summed E-state index contributed by atoms with van der Waals surface area (Å²) >= 11 is 19.1. The molecule has 26 heavy (non-hydrogen) atoms. The summed E-state index contributed by atoms with van der Waals surface area (Å²) in [5.74, 6) is -0.353. The highest BCUT2D eigenvalue weighted by Crippen LogP contribution is 2.28. The molecule has 3 aromatic rings. The van der Waals surface area contributed by atoms with E-state index in [-0.39, 0.29) is 28.1 Å². The van der Waals surface area contributed by atoms with E-state index in [1.165, 1.54) is 18.2 Å². The van der Waals surface area contributed by atoms with Crippen LogP contribution in [0.1, 0.15) is 0 Å². The van der Waals surface area contributed by atoms with Gasteiger partial charge in [-0.1, -0.05) is 46.6 Å². The topological polar surface area (TPSA) is 102 Å². The first-order valence-electron chi connectivity index (χ1n) is 6.91. The first-order chi connectivity index (χ1) is 12.3. The van der Waals surface area contributed by atoms with E-state index < -0.39 is 4.92 Å². The number of nitrogens with one attached hydrogen (secondary N) is 1. The van der Waals surface area contributed by atoms with Crippen LogP contribution in [0.4, 0.5) is 11.4 Å². The van der Waals surface area contributed by atoms with Crippen LogP contribution in [0.25, 0.3) is 5.65 Å². The number of anilines is 1. The summed E-state index contributed by atoms with van der Waals surface area (Å²) < 4.78 is 1.58. The molecule has 8 nitrogen and oxygen atoms in total. The second-order valence-corrected chi connectivity index (χ2v) is 7.13. The van der Waals surface area contributed by atoms with Gasteiger partial charge in [-0.2, -0.15) is 0 Å². The zero-order valence-corrected chi connectivity index (χ0v) is 15.7. The van der Waals surface area contributed by atoms with Gasteiger partial charge in [-0.15, -0.1) is 10.2 Å². The normalized spacial score (nSPS) is 10.9. The molecule has 0 fully saturated rings. The largest absolute Gasteiger partial charge is 0.324 e. The Morgan fingerprint density at radius 1 is 1.23 bits per heavy atom. The number of carbonyl (C=O) groups is 1. The third-order valence-corrected chi connectivity index (χ3v) is 4.91. The number of rotatable bonds is 5. The zero-order chi connectivity index (χ0) is 18.8. The lowest BCUT2D eigenvalue weighted by Crippen LogP contribution is -2.14. The van der Waals surface area contributed by atoms with Crippen molar-refractivity contribution in [3.05, 3.63) is 55.6 Å². The minimum Gasteiger partial charge on any atom is -0.324 e. The van der Waals surface area contributed by atoms with Crippen molar-refractivity contribution in [1.29, 1.82) is 0 Å². The number of non-ortho nitro benzene ring substituents is 1. The van der Waals surface area contributed by atoms with E-state index in [0.29, 0.717) is 20.8 Å². The van der Waals surface area contributed by atoms with Crippen molar-refractivity contribution in [2.24, 2.45) is 0 Å². The van der Waals surface area contributed by atoms with Gasteiger partial charge in [-0.25, -0.2) is 0 Å². The highest BCUT2D eigenvalue weighted by Gasteiger charge is 2.14. The number of nitrogens with zero attached hydrogens (tertiary/aromatic N) is 4. The molecule has 1 aromatic carbocycles. The summed E-state index contributed by atoms with van der Waals surface area (Å²) in [6, 6.07) is 5.34. The number of halogens is 3. The molecule has 2 aromatic heterocycles. The smallest absolute Gasteiger partial charge is 0.271 e. The lowest BCUT2D eigenvalue weighted by atomic mass is 10.3. The molecule has 0 radical (unpaired) electrons. The highest BCUT2D eigenvalue weighted by atomic mass is 35.5. The number of fused-ring (bicyclic) bond motifs is 1. The van der Waals surface area contributed by atoms with Crippen molar-refractivity contribution in [2.75, 3.05) is 11.1 Å². The van der Waals surface area contributed by atoms with Gasteiger partial charge >= 0.3 is 0 Å². The molecule has 0 spiro atoms. The highest BCUT2D eigenvalue weighted by molar-refractivity contribution is 7.99. The number of amides is 1. The third-order valence-electron chi connectivity index (χ3n) is 3.17. The summed E-state index contributed by atoms with van der Waals surface area (Å²) in [7, 11) is 0. The Bertz CT molecular complexity index is 1030. The molecule has 1 N–H and O–H groups in total. The maximum absolute atomic E-state index is 12.1. The molecule has 12 heteroatoms. The number of pyridine rings is 1. The van der Waals surface area contributed by atoms with Gasteiger partial charge in [0, 0.05) is 18.3 Å². The maximum Gasteiger partial charge on any atom is 0.271 e. The van der Waals surface area contributed by atoms with E-state index in [2.05, 4.69) is 15.5 Å². The Morgan fingerprint density at radius 2 is 2.00 bits per heavy atom. The minimum atomic E-state index is -0.569. The Morgan fingerprint density at radius 3 is 2.69 bits per heavy atom. The summed E-state index contributed by atoms with van der Waals surface area (Å²) in [4.78, 5) is 22.2. The summed E-state index contributed by atoms with van der Waals surface area (Å²) in [5.41, 5.74) is 0.545. The van der Waals surface area contributed by atoms with E-state index in [1.807, 2.05) is 0 Å². The fraction of sp³-hybridized carbons (Fsp3) is 0.0714. The molecule has 3 rings (SSSR count). The van der Waals surface area contributed by atoms with Crippen molar-refractivity contribution < 1.29 is 9.72 Å². The number of benzene rings is 1. The number of hydrogen-bond donors (Lipinski definition) is 1. The van der Waals surface area contributed by atoms with Gasteiger partial charge in [0.05, 0.1) is 31.4 Å². The average molecular weight is 433 g/mol. The third kappa shape index (κ3) is 4.01. The van der Waals surface area contributed by atoms with Gasteiger partial charge in [0.1, 0.15) is 0 Å². The number of carbonyl (C=O) groups excluding carboxylic acids is 1. The molecule has 0 saturated carbocycles. The second kappa shape index (κ2) is 7.67. The van der Waals surface area contributed by atoms with Crippen molar-refractivity contribution >= 4 is 69.5 Å². The Hall–Kier alpha value is -2.07. The Labute approximate surface area is 165 Å². The van der Waals surface area contributed by atoms with E-state index in [4.69, 9.17) is 34.8 Å². The van der Waals surface area contributed by atoms with Crippen LogP contribution in [0.3, 0.4) is 0 Å². The molecule has 134 valence electrons. The van der Waals surface area contributed by atoms with Crippen LogP contribution in [-0.4, -0.2) is 31.2 Å². The standard InChI is InChI=1S/C14H8Cl3N5O3S/c15-7-3-10(17)13-19-20-14(21(13)5-7)26-6-12(23)18-11-2-1-8(22(24)25)4-9(11)16/h1-5H,6H2,(H,18,23). The predicted octanol–water partition coefficient (Wildman–Crippen LogP) is 4.33. The van der Waals surface area contributed by atoms with E-state index >= 15 is 0 Å². The van der Waals surface area contributed by atoms with Crippen molar-refractivity contribution in [1.82, 2.24) is 14.6 Å².